The van der Waals surface area contributed by atoms with E-state index < -0.39 is 5.82 Å². The summed E-state index contributed by atoms with van der Waals surface area (Å²) in [4.78, 5) is 13.9. The highest BCUT2D eigenvalue weighted by Crippen LogP contribution is 2.22. The van der Waals surface area contributed by atoms with Crippen LogP contribution in [0.2, 0.25) is 0 Å². The molecule has 0 saturated carbocycles. The highest BCUT2D eigenvalue weighted by molar-refractivity contribution is 5.99. The number of halogens is 1. The van der Waals surface area contributed by atoms with Gasteiger partial charge in [-0.05, 0) is 26.0 Å². The molecular weight excluding hydrogens is 235 g/mol. The van der Waals surface area contributed by atoms with E-state index in [1.165, 1.54) is 12.1 Å². The molecule has 1 aromatic carbocycles. The van der Waals surface area contributed by atoms with Crippen molar-refractivity contribution in [2.45, 2.75) is 19.4 Å². The van der Waals surface area contributed by atoms with Crippen molar-refractivity contribution < 1.29 is 13.9 Å². The lowest BCUT2D eigenvalue weighted by molar-refractivity contribution is -0.0763. The predicted molar refractivity (Wildman–Crippen MR) is 66.7 cm³/mol. The van der Waals surface area contributed by atoms with E-state index in [4.69, 9.17) is 10.5 Å². The fourth-order valence-corrected chi connectivity index (χ4v) is 2.08. The molecule has 5 heteroatoms. The molecule has 1 aromatic rings. The Labute approximate surface area is 106 Å². The maximum absolute atomic E-state index is 13.3. The van der Waals surface area contributed by atoms with Gasteiger partial charge in [0.15, 0.2) is 0 Å². The van der Waals surface area contributed by atoms with Crippen molar-refractivity contribution >= 4 is 11.6 Å². The summed E-state index contributed by atoms with van der Waals surface area (Å²) >= 11 is 0. The summed E-state index contributed by atoms with van der Waals surface area (Å²) in [6.45, 7) is 5.29. The first-order chi connectivity index (χ1) is 8.41. The van der Waals surface area contributed by atoms with Gasteiger partial charge in [-0.15, -0.1) is 0 Å². The molecule has 1 heterocycles. The zero-order valence-electron chi connectivity index (χ0n) is 10.6. The van der Waals surface area contributed by atoms with Gasteiger partial charge in [0, 0.05) is 13.1 Å². The second-order valence-corrected chi connectivity index (χ2v) is 5.04. The first-order valence-electron chi connectivity index (χ1n) is 5.88. The second-order valence-electron chi connectivity index (χ2n) is 5.04. The number of amides is 1. The van der Waals surface area contributed by atoms with Gasteiger partial charge in [-0.25, -0.2) is 4.39 Å². The highest BCUT2D eigenvalue weighted by Gasteiger charge is 2.31. The summed E-state index contributed by atoms with van der Waals surface area (Å²) < 4.78 is 18.9. The van der Waals surface area contributed by atoms with E-state index in [-0.39, 0.29) is 22.8 Å². The quantitative estimate of drug-likeness (QED) is 0.773. The molecule has 1 saturated heterocycles. The Morgan fingerprint density at radius 3 is 2.89 bits per heavy atom. The fraction of sp³-hybridized carbons (Fsp3) is 0.462. The van der Waals surface area contributed by atoms with Crippen molar-refractivity contribution in [3.05, 3.63) is 29.6 Å². The van der Waals surface area contributed by atoms with Gasteiger partial charge in [0.25, 0.3) is 5.91 Å². The summed E-state index contributed by atoms with van der Waals surface area (Å²) in [5, 5.41) is 0. The number of anilines is 1. The lowest BCUT2D eigenvalue weighted by atomic mass is 10.1. The zero-order valence-corrected chi connectivity index (χ0v) is 10.6. The van der Waals surface area contributed by atoms with Crippen molar-refractivity contribution in [1.82, 2.24) is 4.90 Å². The second kappa shape index (κ2) is 4.57. The molecule has 0 aromatic heterocycles. The van der Waals surface area contributed by atoms with Crippen LogP contribution >= 0.6 is 0 Å². The molecule has 18 heavy (non-hydrogen) atoms. The van der Waals surface area contributed by atoms with Crippen LogP contribution < -0.4 is 5.73 Å². The summed E-state index contributed by atoms with van der Waals surface area (Å²) in [5.74, 6) is -0.809. The number of carbonyl (C=O) groups excluding carboxylic acids is 1. The van der Waals surface area contributed by atoms with E-state index in [2.05, 4.69) is 0 Å². The molecule has 0 radical (unpaired) electrons. The van der Waals surface area contributed by atoms with E-state index in [0.29, 0.717) is 19.7 Å². The Bertz CT molecular complexity index is 474. The summed E-state index contributed by atoms with van der Waals surface area (Å²) in [7, 11) is 0. The average Bonchev–Trinajstić information content (AvgIpc) is 2.30. The van der Waals surface area contributed by atoms with Crippen molar-refractivity contribution in [2.24, 2.45) is 0 Å². The van der Waals surface area contributed by atoms with Crippen LogP contribution in [0.25, 0.3) is 0 Å². The van der Waals surface area contributed by atoms with Gasteiger partial charge in [0.1, 0.15) is 5.82 Å². The minimum atomic E-state index is -0.562. The molecule has 0 bridgehead atoms. The third-order valence-corrected chi connectivity index (χ3v) is 3.00. The molecule has 4 nitrogen and oxygen atoms in total. The fourth-order valence-electron chi connectivity index (χ4n) is 2.08. The molecule has 1 aliphatic rings. The first-order valence-corrected chi connectivity index (χ1v) is 5.88. The topological polar surface area (TPSA) is 55.6 Å². The number of nitrogens with two attached hydrogens (primary N) is 1. The number of nitrogens with zero attached hydrogens (tertiary/aromatic N) is 1. The monoisotopic (exact) mass is 252 g/mol. The van der Waals surface area contributed by atoms with Gasteiger partial charge in [0.05, 0.1) is 23.5 Å². The number of hydrogen-bond donors (Lipinski definition) is 1. The summed E-state index contributed by atoms with van der Waals surface area (Å²) in [6, 6.07) is 4.28. The Balaban J connectivity index is 2.23. The molecule has 0 spiro atoms. The minimum Gasteiger partial charge on any atom is -0.396 e. The van der Waals surface area contributed by atoms with Crippen LogP contribution in [0.3, 0.4) is 0 Å². The van der Waals surface area contributed by atoms with Crippen molar-refractivity contribution in [1.29, 1.82) is 0 Å². The molecule has 0 atom stereocenters. The van der Waals surface area contributed by atoms with Crippen LogP contribution in [0.4, 0.5) is 10.1 Å². The minimum absolute atomic E-state index is 0.0909. The van der Waals surface area contributed by atoms with Crippen molar-refractivity contribution in [3.63, 3.8) is 0 Å². The van der Waals surface area contributed by atoms with E-state index in [1.807, 2.05) is 13.8 Å². The van der Waals surface area contributed by atoms with Crippen LogP contribution in [0, 0.1) is 5.82 Å². The number of hydrogen-bond acceptors (Lipinski definition) is 3. The molecule has 0 aliphatic carbocycles. The maximum atomic E-state index is 13.3. The summed E-state index contributed by atoms with van der Waals surface area (Å²) in [5.41, 5.74) is 5.35. The van der Waals surface area contributed by atoms with E-state index >= 15 is 0 Å². The number of rotatable bonds is 1. The van der Waals surface area contributed by atoms with Crippen LogP contribution in [0.1, 0.15) is 24.2 Å². The lowest BCUT2D eigenvalue weighted by Gasteiger charge is -2.38. The Hall–Kier alpha value is -1.62. The van der Waals surface area contributed by atoms with Gasteiger partial charge >= 0.3 is 0 Å². The summed E-state index contributed by atoms with van der Waals surface area (Å²) in [6.07, 6.45) is 0. The van der Waals surface area contributed by atoms with Crippen molar-refractivity contribution in [3.8, 4) is 0 Å². The molecule has 0 unspecified atom stereocenters. The molecule has 2 N–H and O–H groups in total. The van der Waals surface area contributed by atoms with Crippen LogP contribution in [0.5, 0.6) is 0 Å². The molecule has 2 rings (SSSR count). The third-order valence-electron chi connectivity index (χ3n) is 3.00. The first kappa shape index (κ1) is 12.8. The maximum Gasteiger partial charge on any atom is 0.256 e. The van der Waals surface area contributed by atoms with E-state index in [9.17, 15) is 9.18 Å². The number of morpholine rings is 1. The Morgan fingerprint density at radius 1 is 1.50 bits per heavy atom. The molecular formula is C13H17FN2O2. The molecule has 1 amide bonds. The van der Waals surface area contributed by atoms with Crippen LogP contribution in [-0.2, 0) is 4.74 Å². The van der Waals surface area contributed by atoms with Gasteiger partial charge in [-0.3, -0.25) is 4.79 Å². The van der Waals surface area contributed by atoms with E-state index in [1.54, 1.807) is 11.0 Å². The number of benzene rings is 1. The van der Waals surface area contributed by atoms with Gasteiger partial charge in [-0.2, -0.15) is 0 Å². The normalized spacial score (nSPS) is 18.7. The SMILES string of the molecule is CC1(C)CN(C(=O)c2cccc(F)c2N)CCO1. The van der Waals surface area contributed by atoms with Gasteiger partial charge < -0.3 is 15.4 Å². The predicted octanol–water partition coefficient (Wildman–Crippen LogP) is 1.66. The number of nitrogen functional groups attached to an aromatic ring is 1. The molecule has 98 valence electrons. The highest BCUT2D eigenvalue weighted by atomic mass is 19.1. The molecule has 1 fully saturated rings. The van der Waals surface area contributed by atoms with Gasteiger partial charge in [-0.1, -0.05) is 6.07 Å². The number of carbonyl (C=O) groups is 1. The zero-order chi connectivity index (χ0) is 13.3. The smallest absolute Gasteiger partial charge is 0.256 e. The van der Waals surface area contributed by atoms with Crippen LogP contribution in [0.15, 0.2) is 18.2 Å². The lowest BCUT2D eigenvalue weighted by Crippen LogP contribution is -2.50. The number of ether oxygens (including phenoxy) is 1. The van der Waals surface area contributed by atoms with E-state index in [0.717, 1.165) is 0 Å². The largest absolute Gasteiger partial charge is 0.396 e. The standard InChI is InChI=1S/C13H17FN2O2/c1-13(2)8-16(6-7-18-13)12(17)9-4-3-5-10(14)11(9)15/h3-5H,6-8,15H2,1-2H3. The Morgan fingerprint density at radius 2 is 2.22 bits per heavy atom. The molecule has 1 aliphatic heterocycles. The third kappa shape index (κ3) is 2.46. The Kier molecular flexibility index (Phi) is 3.26. The van der Waals surface area contributed by atoms with Gasteiger partial charge in [0.2, 0.25) is 0 Å². The van der Waals surface area contributed by atoms with Crippen LogP contribution in [-0.4, -0.2) is 36.1 Å². The average molecular weight is 252 g/mol. The number of para-hydroxylation sites is 1. The van der Waals surface area contributed by atoms with Crippen molar-refractivity contribution in [2.75, 3.05) is 25.4 Å².